The highest BCUT2D eigenvalue weighted by molar-refractivity contribution is 7.99. The Morgan fingerprint density at radius 1 is 0.833 bits per heavy atom. The van der Waals surface area contributed by atoms with Gasteiger partial charge in [-0.15, -0.1) is 11.8 Å². The lowest BCUT2D eigenvalue weighted by Crippen LogP contribution is -2.30. The molecule has 0 bridgehead atoms. The molecule has 2 unspecified atom stereocenters. The summed E-state index contributed by atoms with van der Waals surface area (Å²) in [4.78, 5) is 1.46. The van der Waals surface area contributed by atoms with Crippen LogP contribution in [0.1, 0.15) is 40.8 Å². The van der Waals surface area contributed by atoms with Crippen LogP contribution in [0, 0.1) is 6.92 Å². The molecule has 0 aromatic heterocycles. The first-order chi connectivity index (χ1) is 11.7. The molecule has 3 aromatic carbocycles. The van der Waals surface area contributed by atoms with Crippen LogP contribution in [0.4, 0.5) is 0 Å². The number of hydrogen-bond donors (Lipinski definition) is 0. The van der Waals surface area contributed by atoms with E-state index in [0.717, 1.165) is 6.42 Å². The smallest absolute Gasteiger partial charge is 0.0356 e. The third-order valence-corrected chi connectivity index (χ3v) is 6.74. The second-order valence-corrected chi connectivity index (χ2v) is 8.08. The Hall–Kier alpha value is -1.99. The highest BCUT2D eigenvalue weighted by Gasteiger charge is 2.39. The summed E-state index contributed by atoms with van der Waals surface area (Å²) in [5.41, 5.74) is 5.76. The molecule has 24 heavy (non-hydrogen) atoms. The van der Waals surface area contributed by atoms with Crippen LogP contribution < -0.4 is 0 Å². The van der Waals surface area contributed by atoms with Gasteiger partial charge in [0.2, 0.25) is 0 Å². The average Bonchev–Trinajstić information content (AvgIpc) is 2.64. The first-order valence-electron chi connectivity index (χ1n) is 8.56. The van der Waals surface area contributed by atoms with Gasteiger partial charge in [0.1, 0.15) is 0 Å². The van der Waals surface area contributed by atoms with E-state index in [1.807, 2.05) is 11.8 Å². The van der Waals surface area contributed by atoms with Crippen molar-refractivity contribution in [1.29, 1.82) is 0 Å². The minimum atomic E-state index is 0.0500. The van der Waals surface area contributed by atoms with Crippen LogP contribution in [0.5, 0.6) is 0 Å². The number of thioether (sulfide) groups is 1. The zero-order chi connectivity index (χ0) is 16.6. The van der Waals surface area contributed by atoms with Crippen LogP contribution in [0.15, 0.2) is 83.8 Å². The molecular formula is C23H22S. The molecule has 0 saturated heterocycles. The number of aryl methyl sites for hydroxylation is 1. The Bertz CT molecular complexity index is 838. The fourth-order valence-electron chi connectivity index (χ4n) is 3.84. The van der Waals surface area contributed by atoms with Crippen LogP contribution in [0.3, 0.4) is 0 Å². The fourth-order valence-corrected chi connectivity index (χ4v) is 5.51. The Morgan fingerprint density at radius 3 is 2.21 bits per heavy atom. The van der Waals surface area contributed by atoms with Gasteiger partial charge in [-0.2, -0.15) is 0 Å². The van der Waals surface area contributed by atoms with Crippen LogP contribution in [-0.2, 0) is 5.41 Å². The zero-order valence-corrected chi connectivity index (χ0v) is 15.0. The molecule has 1 heterocycles. The van der Waals surface area contributed by atoms with E-state index in [-0.39, 0.29) is 5.41 Å². The van der Waals surface area contributed by atoms with Gasteiger partial charge in [-0.25, -0.2) is 0 Å². The molecule has 0 spiro atoms. The van der Waals surface area contributed by atoms with E-state index in [9.17, 15) is 0 Å². The van der Waals surface area contributed by atoms with Crippen LogP contribution >= 0.6 is 11.8 Å². The molecule has 0 radical (unpaired) electrons. The van der Waals surface area contributed by atoms with Gasteiger partial charge in [0, 0.05) is 15.6 Å². The van der Waals surface area contributed by atoms with Crippen LogP contribution in [0.25, 0.3) is 0 Å². The van der Waals surface area contributed by atoms with Gasteiger partial charge < -0.3 is 0 Å². The second kappa shape index (κ2) is 6.14. The minimum absolute atomic E-state index is 0.0500. The molecular weight excluding hydrogens is 308 g/mol. The molecule has 0 amide bonds. The predicted octanol–water partition coefficient (Wildman–Crippen LogP) is 6.54. The van der Waals surface area contributed by atoms with E-state index in [0.29, 0.717) is 5.25 Å². The summed E-state index contributed by atoms with van der Waals surface area (Å²) in [5.74, 6) is 0. The van der Waals surface area contributed by atoms with E-state index >= 15 is 0 Å². The molecule has 0 aliphatic carbocycles. The van der Waals surface area contributed by atoms with Crippen molar-refractivity contribution in [3.63, 3.8) is 0 Å². The lowest BCUT2D eigenvalue weighted by Gasteiger charge is -2.41. The normalized spacial score (nSPS) is 22.8. The Labute approximate surface area is 148 Å². The number of benzene rings is 3. The van der Waals surface area contributed by atoms with Crippen LogP contribution in [0.2, 0.25) is 0 Å². The first-order valence-corrected chi connectivity index (χ1v) is 9.44. The average molecular weight is 330 g/mol. The monoisotopic (exact) mass is 330 g/mol. The molecule has 0 fully saturated rings. The summed E-state index contributed by atoms with van der Waals surface area (Å²) >= 11 is 2.03. The summed E-state index contributed by atoms with van der Waals surface area (Å²) < 4.78 is 0. The molecule has 1 aliphatic rings. The Kier molecular flexibility index (Phi) is 3.97. The van der Waals surface area contributed by atoms with Crippen molar-refractivity contribution in [3.8, 4) is 0 Å². The highest BCUT2D eigenvalue weighted by Crippen LogP contribution is 2.55. The largest absolute Gasteiger partial charge is 0.117 e. The summed E-state index contributed by atoms with van der Waals surface area (Å²) in [6.45, 7) is 4.65. The zero-order valence-electron chi connectivity index (χ0n) is 14.2. The summed E-state index contributed by atoms with van der Waals surface area (Å²) in [5, 5.41) is 0.491. The van der Waals surface area contributed by atoms with Gasteiger partial charge >= 0.3 is 0 Å². The van der Waals surface area contributed by atoms with Gasteiger partial charge in [0.25, 0.3) is 0 Å². The standard InChI is InChI=1S/C23H22S/c1-17-10-9-15-20-22(17)24-21(18-11-5-3-6-12-18)16-23(20,2)19-13-7-4-8-14-19/h3-15,21H,16H2,1-2H3. The van der Waals surface area contributed by atoms with Gasteiger partial charge in [0.15, 0.2) is 0 Å². The minimum Gasteiger partial charge on any atom is -0.117 e. The van der Waals surface area contributed by atoms with E-state index in [4.69, 9.17) is 0 Å². The van der Waals surface area contributed by atoms with Gasteiger partial charge in [0.05, 0.1) is 0 Å². The van der Waals surface area contributed by atoms with E-state index in [1.54, 1.807) is 0 Å². The van der Waals surface area contributed by atoms with Crippen molar-refractivity contribution in [2.24, 2.45) is 0 Å². The van der Waals surface area contributed by atoms with Crippen molar-refractivity contribution in [1.82, 2.24) is 0 Å². The molecule has 2 atom stereocenters. The number of hydrogen-bond acceptors (Lipinski definition) is 1. The van der Waals surface area contributed by atoms with Gasteiger partial charge in [-0.3, -0.25) is 0 Å². The molecule has 0 N–H and O–H groups in total. The first kappa shape index (κ1) is 15.5. The van der Waals surface area contributed by atoms with Crippen LogP contribution in [-0.4, -0.2) is 0 Å². The lowest BCUT2D eigenvalue weighted by molar-refractivity contribution is 0.494. The topological polar surface area (TPSA) is 0 Å². The van der Waals surface area contributed by atoms with E-state index < -0.39 is 0 Å². The molecule has 0 nitrogen and oxygen atoms in total. The van der Waals surface area contributed by atoms with Crippen molar-refractivity contribution in [2.75, 3.05) is 0 Å². The Balaban J connectivity index is 1.89. The SMILES string of the molecule is Cc1cccc2c1SC(c1ccccc1)CC2(C)c1ccccc1. The maximum absolute atomic E-state index is 2.41. The summed E-state index contributed by atoms with van der Waals surface area (Å²) in [7, 11) is 0. The summed E-state index contributed by atoms with van der Waals surface area (Å²) in [6, 6.07) is 28.7. The van der Waals surface area contributed by atoms with Crippen molar-refractivity contribution in [2.45, 2.75) is 35.8 Å². The highest BCUT2D eigenvalue weighted by atomic mass is 32.2. The quantitative estimate of drug-likeness (QED) is 0.514. The number of fused-ring (bicyclic) bond motifs is 1. The number of rotatable bonds is 2. The molecule has 1 aliphatic heterocycles. The summed E-state index contributed by atoms with van der Waals surface area (Å²) in [6.07, 6.45) is 1.13. The van der Waals surface area contributed by atoms with Gasteiger partial charge in [-0.05, 0) is 35.6 Å². The Morgan fingerprint density at radius 2 is 1.50 bits per heavy atom. The molecule has 3 aromatic rings. The maximum atomic E-state index is 2.41. The third-order valence-electron chi connectivity index (χ3n) is 5.24. The van der Waals surface area contributed by atoms with Crippen molar-refractivity contribution >= 4 is 11.8 Å². The van der Waals surface area contributed by atoms with E-state index in [1.165, 1.54) is 27.1 Å². The van der Waals surface area contributed by atoms with E-state index in [2.05, 4.69) is 92.7 Å². The van der Waals surface area contributed by atoms with Gasteiger partial charge in [-0.1, -0.05) is 85.8 Å². The molecule has 120 valence electrons. The molecule has 4 rings (SSSR count). The predicted molar refractivity (Wildman–Crippen MR) is 104 cm³/mol. The van der Waals surface area contributed by atoms with Crippen molar-refractivity contribution < 1.29 is 0 Å². The second-order valence-electron chi connectivity index (χ2n) is 6.87. The maximum Gasteiger partial charge on any atom is 0.0356 e. The lowest BCUT2D eigenvalue weighted by atomic mass is 9.71. The third kappa shape index (κ3) is 2.57. The van der Waals surface area contributed by atoms with Crippen molar-refractivity contribution in [3.05, 3.63) is 101 Å². The fraction of sp³-hybridized carbons (Fsp3) is 0.217. The molecule has 0 saturated carbocycles. The molecule has 1 heteroatoms.